The minimum Gasteiger partial charge on any atom is -0.298 e. The van der Waals surface area contributed by atoms with Crippen molar-refractivity contribution in [2.45, 2.75) is 19.3 Å². The molecule has 0 fully saturated rings. The van der Waals surface area contributed by atoms with Gasteiger partial charge in [-0.05, 0) is 52.8 Å². The third-order valence-electron chi connectivity index (χ3n) is 5.46. The van der Waals surface area contributed by atoms with Crippen molar-refractivity contribution in [3.63, 3.8) is 0 Å². The van der Waals surface area contributed by atoms with E-state index in [1.807, 2.05) is 84.9 Å². The van der Waals surface area contributed by atoms with Crippen LogP contribution >= 0.6 is 0 Å². The van der Waals surface area contributed by atoms with Gasteiger partial charge in [0.25, 0.3) is 0 Å². The molecule has 0 amide bonds. The Bertz CT molecular complexity index is 1170. The summed E-state index contributed by atoms with van der Waals surface area (Å²) in [5.41, 5.74) is 6.19. The van der Waals surface area contributed by atoms with Crippen LogP contribution in [0.3, 0.4) is 0 Å². The summed E-state index contributed by atoms with van der Waals surface area (Å²) in [6.45, 7) is 0. The first-order valence-electron chi connectivity index (χ1n) is 10.5. The standard InChI is InChI=1S/C29H24O2/c30-21-27-17-16-25(23-12-6-2-7-13-23)19-28(27)20-29(31)26-15-9-3-8-14-24(18-26)22-10-4-1-5-11-22/h1-2,4-8,10-19,21H,3,9,20H2/b14-8+,24-18+,26-15+. The van der Waals surface area contributed by atoms with Gasteiger partial charge in [0.2, 0.25) is 0 Å². The summed E-state index contributed by atoms with van der Waals surface area (Å²) in [6, 6.07) is 25.8. The van der Waals surface area contributed by atoms with Crippen LogP contribution in [-0.2, 0) is 11.2 Å². The molecule has 0 spiro atoms. The Balaban J connectivity index is 1.65. The molecule has 1 aliphatic carbocycles. The lowest BCUT2D eigenvalue weighted by atomic mass is 9.92. The number of rotatable bonds is 6. The molecule has 0 aromatic heterocycles. The molecule has 4 rings (SSSR count). The first-order valence-corrected chi connectivity index (χ1v) is 10.5. The molecular weight excluding hydrogens is 380 g/mol. The van der Waals surface area contributed by atoms with Crippen molar-refractivity contribution in [1.29, 1.82) is 0 Å². The predicted molar refractivity (Wildman–Crippen MR) is 127 cm³/mol. The van der Waals surface area contributed by atoms with Crippen LogP contribution in [0.5, 0.6) is 0 Å². The highest BCUT2D eigenvalue weighted by molar-refractivity contribution is 6.02. The molecule has 0 radical (unpaired) electrons. The topological polar surface area (TPSA) is 34.1 Å². The van der Waals surface area contributed by atoms with Gasteiger partial charge in [0.05, 0.1) is 0 Å². The van der Waals surface area contributed by atoms with E-state index in [1.165, 1.54) is 0 Å². The van der Waals surface area contributed by atoms with E-state index in [-0.39, 0.29) is 12.2 Å². The number of Topliss-reactive ketones (excluding diaryl/α,β-unsaturated/α-hetero) is 1. The van der Waals surface area contributed by atoms with Gasteiger partial charge in [0.15, 0.2) is 5.78 Å². The van der Waals surface area contributed by atoms with Crippen LogP contribution in [0.2, 0.25) is 0 Å². The van der Waals surface area contributed by atoms with Gasteiger partial charge in [0, 0.05) is 17.6 Å². The van der Waals surface area contributed by atoms with Gasteiger partial charge in [-0.2, -0.15) is 0 Å². The fourth-order valence-electron chi connectivity index (χ4n) is 3.78. The number of ketones is 1. The molecule has 152 valence electrons. The summed E-state index contributed by atoms with van der Waals surface area (Å²) in [6.07, 6.45) is 10.9. The van der Waals surface area contributed by atoms with Crippen molar-refractivity contribution in [1.82, 2.24) is 0 Å². The number of carbonyl (C=O) groups is 2. The van der Waals surface area contributed by atoms with Crippen molar-refractivity contribution in [3.05, 3.63) is 125 Å². The molecule has 31 heavy (non-hydrogen) atoms. The normalized spacial score (nSPS) is 17.9. The zero-order valence-electron chi connectivity index (χ0n) is 17.3. The van der Waals surface area contributed by atoms with Crippen molar-refractivity contribution < 1.29 is 9.59 Å². The second kappa shape index (κ2) is 9.82. The van der Waals surface area contributed by atoms with Gasteiger partial charge in [-0.15, -0.1) is 0 Å². The van der Waals surface area contributed by atoms with Gasteiger partial charge < -0.3 is 0 Å². The number of hydrogen-bond donors (Lipinski definition) is 0. The molecule has 0 heterocycles. The van der Waals surface area contributed by atoms with Crippen molar-refractivity contribution >= 4 is 17.6 Å². The van der Waals surface area contributed by atoms with E-state index in [9.17, 15) is 9.59 Å². The summed E-state index contributed by atoms with van der Waals surface area (Å²) < 4.78 is 0. The minimum atomic E-state index is 0.0250. The lowest BCUT2D eigenvalue weighted by Crippen LogP contribution is -2.08. The maximum atomic E-state index is 13.3. The van der Waals surface area contributed by atoms with E-state index in [1.54, 1.807) is 6.07 Å². The highest BCUT2D eigenvalue weighted by atomic mass is 16.1. The molecule has 3 aromatic carbocycles. The van der Waals surface area contributed by atoms with Gasteiger partial charge in [-0.3, -0.25) is 9.59 Å². The lowest BCUT2D eigenvalue weighted by Gasteiger charge is -2.11. The number of carbonyl (C=O) groups excluding carboxylic acids is 2. The SMILES string of the molecule is O=Cc1ccc(-c2ccccc2)cc1CC(=O)C1=C/CC/C=C/C(c2ccccc2)=C\1. The highest BCUT2D eigenvalue weighted by Gasteiger charge is 2.14. The first kappa shape index (κ1) is 20.5. The number of aldehydes is 1. The van der Waals surface area contributed by atoms with E-state index in [0.29, 0.717) is 11.1 Å². The van der Waals surface area contributed by atoms with Crippen LogP contribution in [0.4, 0.5) is 0 Å². The monoisotopic (exact) mass is 404 g/mol. The maximum absolute atomic E-state index is 13.3. The summed E-state index contributed by atoms with van der Waals surface area (Å²) in [5, 5.41) is 0. The third-order valence-corrected chi connectivity index (χ3v) is 5.46. The molecular formula is C29H24O2. The molecule has 3 aromatic rings. The van der Waals surface area contributed by atoms with Gasteiger partial charge >= 0.3 is 0 Å². The van der Waals surface area contributed by atoms with Crippen LogP contribution in [0.1, 0.15) is 34.3 Å². The highest BCUT2D eigenvalue weighted by Crippen LogP contribution is 2.25. The fourth-order valence-corrected chi connectivity index (χ4v) is 3.78. The molecule has 2 nitrogen and oxygen atoms in total. The first-order chi connectivity index (χ1) is 15.2. The Hall–Kier alpha value is -3.78. The molecule has 0 N–H and O–H groups in total. The van der Waals surface area contributed by atoms with Gasteiger partial charge in [0.1, 0.15) is 6.29 Å². The van der Waals surface area contributed by atoms with E-state index in [0.717, 1.165) is 47.0 Å². The van der Waals surface area contributed by atoms with E-state index >= 15 is 0 Å². The second-order valence-electron chi connectivity index (χ2n) is 7.60. The Labute approximate surface area is 183 Å². The smallest absolute Gasteiger partial charge is 0.166 e. The Kier molecular flexibility index (Phi) is 6.49. The van der Waals surface area contributed by atoms with Crippen molar-refractivity contribution in [2.75, 3.05) is 0 Å². The lowest BCUT2D eigenvalue weighted by molar-refractivity contribution is -0.114. The summed E-state index contributed by atoms with van der Waals surface area (Å²) >= 11 is 0. The van der Waals surface area contributed by atoms with Gasteiger partial charge in [-0.25, -0.2) is 0 Å². The molecule has 0 aliphatic heterocycles. The summed E-state index contributed by atoms with van der Waals surface area (Å²) in [7, 11) is 0. The molecule has 0 unspecified atom stereocenters. The molecule has 0 saturated heterocycles. The molecule has 0 bridgehead atoms. The Morgan fingerprint density at radius 2 is 1.52 bits per heavy atom. The minimum absolute atomic E-state index is 0.0250. The molecule has 2 heteroatoms. The van der Waals surface area contributed by atoms with Crippen LogP contribution in [-0.4, -0.2) is 12.1 Å². The van der Waals surface area contributed by atoms with Gasteiger partial charge in [-0.1, -0.05) is 91.0 Å². The number of benzene rings is 3. The summed E-state index contributed by atoms with van der Waals surface area (Å²) in [5.74, 6) is 0.0250. The third kappa shape index (κ3) is 5.04. The van der Waals surface area contributed by atoms with Crippen LogP contribution in [0.25, 0.3) is 16.7 Å². The van der Waals surface area contributed by atoms with Crippen LogP contribution in [0.15, 0.2) is 109 Å². The van der Waals surface area contributed by atoms with Crippen LogP contribution < -0.4 is 0 Å². The van der Waals surface area contributed by atoms with Crippen molar-refractivity contribution in [2.24, 2.45) is 0 Å². The summed E-state index contributed by atoms with van der Waals surface area (Å²) in [4.78, 5) is 24.9. The predicted octanol–water partition coefficient (Wildman–Crippen LogP) is 6.64. The zero-order valence-corrected chi connectivity index (χ0v) is 17.3. The largest absolute Gasteiger partial charge is 0.298 e. The number of allylic oxidation sites excluding steroid dienone is 6. The molecule has 1 aliphatic rings. The quantitative estimate of drug-likeness (QED) is 0.432. The molecule has 0 atom stereocenters. The number of hydrogen-bond acceptors (Lipinski definition) is 2. The van der Waals surface area contributed by atoms with E-state index < -0.39 is 0 Å². The van der Waals surface area contributed by atoms with E-state index in [4.69, 9.17) is 0 Å². The average molecular weight is 405 g/mol. The Morgan fingerprint density at radius 1 is 0.806 bits per heavy atom. The van der Waals surface area contributed by atoms with Crippen molar-refractivity contribution in [3.8, 4) is 11.1 Å². The average Bonchev–Trinajstić information content (AvgIpc) is 2.80. The Morgan fingerprint density at radius 3 is 2.23 bits per heavy atom. The van der Waals surface area contributed by atoms with Crippen LogP contribution in [0, 0.1) is 0 Å². The fraction of sp³-hybridized carbons (Fsp3) is 0.103. The maximum Gasteiger partial charge on any atom is 0.166 e. The molecule has 0 saturated carbocycles. The second-order valence-corrected chi connectivity index (χ2v) is 7.60. The zero-order chi connectivity index (χ0) is 21.5. The van der Waals surface area contributed by atoms with E-state index in [2.05, 4.69) is 12.2 Å².